The van der Waals surface area contributed by atoms with Crippen molar-refractivity contribution in [1.82, 2.24) is 4.98 Å². The zero-order valence-corrected chi connectivity index (χ0v) is 11.0. The minimum absolute atomic E-state index is 0.489. The van der Waals surface area contributed by atoms with Crippen LogP contribution in [0.25, 0.3) is 21.8 Å². The summed E-state index contributed by atoms with van der Waals surface area (Å²) in [5.74, 6) is -1.50. The van der Waals surface area contributed by atoms with Crippen molar-refractivity contribution in [2.75, 3.05) is 0 Å². The molecule has 0 aliphatic heterocycles. The van der Waals surface area contributed by atoms with Crippen molar-refractivity contribution in [3.05, 3.63) is 47.0 Å². The number of H-pyrrole nitrogens is 1. The van der Waals surface area contributed by atoms with Crippen LogP contribution in [0.4, 0.5) is 0 Å². The first kappa shape index (κ1) is 12.1. The first-order chi connectivity index (χ1) is 9.09. The fourth-order valence-electron chi connectivity index (χ4n) is 2.37. The van der Waals surface area contributed by atoms with E-state index < -0.39 is 11.9 Å². The van der Waals surface area contributed by atoms with Gasteiger partial charge in [-0.25, -0.2) is 0 Å². The van der Waals surface area contributed by atoms with Gasteiger partial charge in [-0.2, -0.15) is 0 Å². The molecule has 3 aromatic rings. The molecular weight excluding hydrogens is 262 g/mol. The lowest BCUT2D eigenvalue weighted by molar-refractivity contribution is -0.138. The maximum Gasteiger partial charge on any atom is 0.310 e. The normalized spacial score (nSPS) is 12.9. The van der Waals surface area contributed by atoms with Crippen LogP contribution in [0.5, 0.6) is 0 Å². The van der Waals surface area contributed by atoms with Crippen molar-refractivity contribution < 1.29 is 9.90 Å². The van der Waals surface area contributed by atoms with Crippen LogP contribution in [0.1, 0.15) is 18.4 Å². The molecule has 0 saturated carbocycles. The molecule has 1 atom stereocenters. The van der Waals surface area contributed by atoms with Crippen LogP contribution in [0.15, 0.2) is 36.4 Å². The average Bonchev–Trinajstić information content (AvgIpc) is 2.78. The molecule has 0 spiro atoms. The topological polar surface area (TPSA) is 53.1 Å². The second kappa shape index (κ2) is 4.28. The number of aliphatic carboxylic acids is 1. The Morgan fingerprint density at radius 2 is 1.95 bits per heavy atom. The van der Waals surface area contributed by atoms with Crippen LogP contribution in [-0.4, -0.2) is 16.1 Å². The molecule has 19 heavy (non-hydrogen) atoms. The Balaban J connectivity index is 2.33. The number of fused-ring (bicyclic) bond motifs is 3. The number of hydrogen-bond donors (Lipinski definition) is 2. The van der Waals surface area contributed by atoms with Crippen molar-refractivity contribution >= 4 is 39.4 Å². The van der Waals surface area contributed by atoms with E-state index in [1.807, 2.05) is 30.3 Å². The summed E-state index contributed by atoms with van der Waals surface area (Å²) in [5.41, 5.74) is 2.43. The van der Waals surface area contributed by atoms with Crippen LogP contribution >= 0.6 is 11.6 Å². The van der Waals surface area contributed by atoms with Crippen molar-refractivity contribution in [1.29, 1.82) is 0 Å². The van der Waals surface area contributed by atoms with E-state index in [2.05, 4.69) is 4.98 Å². The summed E-state index contributed by atoms with van der Waals surface area (Å²) >= 11 is 6.36. The van der Waals surface area contributed by atoms with E-state index in [4.69, 9.17) is 16.7 Å². The van der Waals surface area contributed by atoms with Gasteiger partial charge in [-0.1, -0.05) is 41.9 Å². The molecule has 0 aliphatic carbocycles. The van der Waals surface area contributed by atoms with Gasteiger partial charge in [0.1, 0.15) is 0 Å². The van der Waals surface area contributed by atoms with Gasteiger partial charge in [-0.05, 0) is 18.6 Å². The highest BCUT2D eigenvalue weighted by molar-refractivity contribution is 6.37. The Kier molecular flexibility index (Phi) is 2.72. The van der Waals surface area contributed by atoms with Crippen LogP contribution in [-0.2, 0) is 4.79 Å². The van der Waals surface area contributed by atoms with Gasteiger partial charge in [0.25, 0.3) is 0 Å². The predicted molar refractivity (Wildman–Crippen MR) is 76.9 cm³/mol. The summed E-state index contributed by atoms with van der Waals surface area (Å²) in [6.07, 6.45) is 0. The zero-order valence-electron chi connectivity index (χ0n) is 10.3. The van der Waals surface area contributed by atoms with Gasteiger partial charge in [-0.15, -0.1) is 0 Å². The Hall–Kier alpha value is -2.00. The fourth-order valence-corrected chi connectivity index (χ4v) is 2.74. The highest BCUT2D eigenvalue weighted by atomic mass is 35.5. The minimum atomic E-state index is -0.877. The van der Waals surface area contributed by atoms with Crippen molar-refractivity contribution in [3.63, 3.8) is 0 Å². The molecule has 3 rings (SSSR count). The second-order valence-corrected chi connectivity index (χ2v) is 5.00. The number of carboxylic acids is 1. The summed E-state index contributed by atoms with van der Waals surface area (Å²) in [6.45, 7) is 1.64. The number of carboxylic acid groups (broad SMARTS) is 1. The number of para-hydroxylation sites is 1. The monoisotopic (exact) mass is 273 g/mol. The van der Waals surface area contributed by atoms with Crippen LogP contribution < -0.4 is 0 Å². The van der Waals surface area contributed by atoms with E-state index in [0.29, 0.717) is 10.6 Å². The van der Waals surface area contributed by atoms with E-state index in [0.717, 1.165) is 21.8 Å². The number of rotatable bonds is 2. The highest BCUT2D eigenvalue weighted by Crippen LogP contribution is 2.35. The van der Waals surface area contributed by atoms with Crippen LogP contribution in [0.2, 0.25) is 5.02 Å². The molecule has 0 fully saturated rings. The third-order valence-corrected chi connectivity index (χ3v) is 3.89. The quantitative estimate of drug-likeness (QED) is 0.736. The number of nitrogens with one attached hydrogen (secondary N) is 1. The molecule has 4 heteroatoms. The molecule has 0 radical (unpaired) electrons. The maximum absolute atomic E-state index is 11.1. The molecular formula is C15H12ClNO2. The predicted octanol–water partition coefficient (Wildman–Crippen LogP) is 4.16. The molecule has 96 valence electrons. The molecule has 1 aromatic heterocycles. The maximum atomic E-state index is 11.1. The smallest absolute Gasteiger partial charge is 0.310 e. The number of carbonyl (C=O) groups is 1. The van der Waals surface area contributed by atoms with Gasteiger partial charge in [-0.3, -0.25) is 4.79 Å². The Morgan fingerprint density at radius 1 is 1.21 bits per heavy atom. The standard InChI is InChI=1S/C15H12ClNO2/c1-8(15(18)19)9-6-7-11-10-4-2-3-5-12(10)17-14(11)13(9)16/h2-8,17H,1H3,(H,18,19). The molecule has 0 bridgehead atoms. The third-order valence-electron chi connectivity index (χ3n) is 3.49. The number of benzene rings is 2. The lowest BCUT2D eigenvalue weighted by atomic mass is 9.99. The number of aromatic amines is 1. The van der Waals surface area contributed by atoms with E-state index in [1.165, 1.54) is 0 Å². The summed E-state index contributed by atoms with van der Waals surface area (Å²) in [6, 6.07) is 11.6. The molecule has 0 aliphatic rings. The van der Waals surface area contributed by atoms with E-state index in [9.17, 15) is 4.79 Å². The van der Waals surface area contributed by atoms with Gasteiger partial charge in [0, 0.05) is 16.3 Å². The average molecular weight is 274 g/mol. The van der Waals surface area contributed by atoms with Gasteiger partial charge >= 0.3 is 5.97 Å². The van der Waals surface area contributed by atoms with Crippen molar-refractivity contribution in [2.45, 2.75) is 12.8 Å². The molecule has 1 unspecified atom stereocenters. The Bertz CT molecular complexity index is 791. The van der Waals surface area contributed by atoms with Gasteiger partial charge < -0.3 is 10.1 Å². The largest absolute Gasteiger partial charge is 0.481 e. The van der Waals surface area contributed by atoms with Gasteiger partial charge in [0.05, 0.1) is 16.5 Å². The van der Waals surface area contributed by atoms with E-state index in [-0.39, 0.29) is 0 Å². The van der Waals surface area contributed by atoms with Crippen molar-refractivity contribution in [2.24, 2.45) is 0 Å². The lowest BCUT2D eigenvalue weighted by Crippen LogP contribution is -2.07. The van der Waals surface area contributed by atoms with Gasteiger partial charge in [0.2, 0.25) is 0 Å². The minimum Gasteiger partial charge on any atom is -0.481 e. The first-order valence-corrected chi connectivity index (χ1v) is 6.39. The fraction of sp³-hybridized carbons (Fsp3) is 0.133. The third kappa shape index (κ3) is 1.78. The van der Waals surface area contributed by atoms with Crippen LogP contribution in [0, 0.1) is 0 Å². The molecule has 2 aromatic carbocycles. The van der Waals surface area contributed by atoms with Crippen LogP contribution in [0.3, 0.4) is 0 Å². The summed E-state index contributed by atoms with van der Waals surface area (Å²) in [7, 11) is 0. The number of hydrogen-bond acceptors (Lipinski definition) is 1. The SMILES string of the molecule is CC(C(=O)O)c1ccc2c([nH]c3ccccc32)c1Cl. The molecule has 0 saturated heterocycles. The van der Waals surface area contributed by atoms with E-state index >= 15 is 0 Å². The molecule has 1 heterocycles. The molecule has 0 amide bonds. The number of aromatic nitrogens is 1. The molecule has 2 N–H and O–H groups in total. The van der Waals surface area contributed by atoms with E-state index in [1.54, 1.807) is 13.0 Å². The zero-order chi connectivity index (χ0) is 13.6. The number of halogens is 1. The summed E-state index contributed by atoms with van der Waals surface area (Å²) in [5, 5.41) is 11.7. The molecule has 3 nitrogen and oxygen atoms in total. The van der Waals surface area contributed by atoms with Crippen molar-refractivity contribution in [3.8, 4) is 0 Å². The first-order valence-electron chi connectivity index (χ1n) is 6.01. The highest BCUT2D eigenvalue weighted by Gasteiger charge is 2.19. The summed E-state index contributed by atoms with van der Waals surface area (Å²) in [4.78, 5) is 14.3. The van der Waals surface area contributed by atoms with Gasteiger partial charge in [0.15, 0.2) is 0 Å². The Morgan fingerprint density at radius 3 is 2.68 bits per heavy atom. The Labute approximate surface area is 114 Å². The lowest BCUT2D eigenvalue weighted by Gasteiger charge is -2.09. The summed E-state index contributed by atoms with van der Waals surface area (Å²) < 4.78 is 0. The second-order valence-electron chi connectivity index (χ2n) is 4.62.